The summed E-state index contributed by atoms with van der Waals surface area (Å²) in [5.41, 5.74) is 1.27. The van der Waals surface area contributed by atoms with Crippen LogP contribution in [0.4, 0.5) is 0 Å². The first-order valence-corrected chi connectivity index (χ1v) is 6.42. The molecule has 1 rings (SSSR count). The molecular formula is C13H18N2S. The van der Waals surface area contributed by atoms with Gasteiger partial charge in [-0.1, -0.05) is 19.1 Å². The Bertz CT molecular complexity index is 353. The second-order valence-corrected chi connectivity index (χ2v) is 5.00. The maximum atomic E-state index is 8.89. The van der Waals surface area contributed by atoms with Crippen molar-refractivity contribution in [2.24, 2.45) is 0 Å². The molecule has 2 nitrogen and oxygen atoms in total. The number of rotatable bonds is 5. The second-order valence-electron chi connectivity index (χ2n) is 3.72. The van der Waals surface area contributed by atoms with Crippen molar-refractivity contribution >= 4 is 11.8 Å². The SMILES string of the molecule is CCC(C#N)Sc1ccc(C(C)NC)cc1. The molecule has 0 aliphatic carbocycles. The van der Waals surface area contributed by atoms with E-state index in [4.69, 9.17) is 5.26 Å². The molecule has 0 spiro atoms. The Hall–Kier alpha value is -0.980. The lowest BCUT2D eigenvalue weighted by Crippen LogP contribution is -2.11. The molecule has 86 valence electrons. The third-order valence-electron chi connectivity index (χ3n) is 2.61. The fraction of sp³-hybridized carbons (Fsp3) is 0.462. The van der Waals surface area contributed by atoms with E-state index in [0.717, 1.165) is 6.42 Å². The van der Waals surface area contributed by atoms with E-state index in [1.54, 1.807) is 11.8 Å². The van der Waals surface area contributed by atoms with Crippen LogP contribution in [0.2, 0.25) is 0 Å². The van der Waals surface area contributed by atoms with Gasteiger partial charge in [0.25, 0.3) is 0 Å². The van der Waals surface area contributed by atoms with Crippen molar-refractivity contribution in [2.75, 3.05) is 7.05 Å². The molecule has 3 heteroatoms. The third-order valence-corrected chi connectivity index (χ3v) is 3.87. The first kappa shape index (κ1) is 13.1. The summed E-state index contributed by atoms with van der Waals surface area (Å²) in [5.74, 6) is 0. The van der Waals surface area contributed by atoms with Crippen LogP contribution in [-0.2, 0) is 0 Å². The van der Waals surface area contributed by atoms with Crippen LogP contribution in [0.25, 0.3) is 0 Å². The lowest BCUT2D eigenvalue weighted by atomic mass is 10.1. The lowest BCUT2D eigenvalue weighted by molar-refractivity contribution is 0.652. The van der Waals surface area contributed by atoms with Gasteiger partial charge in [0.2, 0.25) is 0 Å². The number of hydrogen-bond donors (Lipinski definition) is 1. The molecule has 0 fully saturated rings. The Morgan fingerprint density at radius 3 is 2.44 bits per heavy atom. The average molecular weight is 234 g/mol. The number of thioether (sulfide) groups is 1. The van der Waals surface area contributed by atoms with Gasteiger partial charge in [-0.15, -0.1) is 11.8 Å². The molecule has 2 atom stereocenters. The molecule has 1 aromatic rings. The molecule has 0 saturated heterocycles. The standard InChI is InChI=1S/C13H18N2S/c1-4-12(9-14)16-13-7-5-11(6-8-13)10(2)15-3/h5-8,10,12,15H,4H2,1-3H3. The fourth-order valence-corrected chi connectivity index (χ4v) is 2.21. The minimum Gasteiger partial charge on any atom is -0.313 e. The van der Waals surface area contributed by atoms with Crippen LogP contribution in [0.1, 0.15) is 31.9 Å². The lowest BCUT2D eigenvalue weighted by Gasteiger charge is -2.11. The van der Waals surface area contributed by atoms with Crippen LogP contribution in [0.3, 0.4) is 0 Å². The van der Waals surface area contributed by atoms with E-state index in [9.17, 15) is 0 Å². The molecule has 0 radical (unpaired) electrons. The highest BCUT2D eigenvalue weighted by Crippen LogP contribution is 2.26. The Kier molecular flexibility index (Phi) is 5.37. The van der Waals surface area contributed by atoms with Gasteiger partial charge in [0, 0.05) is 10.9 Å². The molecule has 0 aromatic heterocycles. The van der Waals surface area contributed by atoms with E-state index >= 15 is 0 Å². The van der Waals surface area contributed by atoms with Gasteiger partial charge in [0.1, 0.15) is 0 Å². The molecular weight excluding hydrogens is 216 g/mol. The van der Waals surface area contributed by atoms with Crippen molar-refractivity contribution in [3.8, 4) is 6.07 Å². The van der Waals surface area contributed by atoms with Gasteiger partial charge in [-0.3, -0.25) is 0 Å². The van der Waals surface area contributed by atoms with Crippen molar-refractivity contribution < 1.29 is 0 Å². The molecule has 0 aliphatic heterocycles. The molecule has 0 saturated carbocycles. The zero-order chi connectivity index (χ0) is 12.0. The third kappa shape index (κ3) is 3.55. The van der Waals surface area contributed by atoms with Crippen molar-refractivity contribution in [3.63, 3.8) is 0 Å². The van der Waals surface area contributed by atoms with Crippen LogP contribution in [0.15, 0.2) is 29.2 Å². The highest BCUT2D eigenvalue weighted by atomic mass is 32.2. The zero-order valence-electron chi connectivity index (χ0n) is 10.0. The fourth-order valence-electron chi connectivity index (χ4n) is 1.37. The Morgan fingerprint density at radius 2 is 2.00 bits per heavy atom. The number of benzene rings is 1. The molecule has 16 heavy (non-hydrogen) atoms. The predicted octanol–water partition coefficient (Wildman–Crippen LogP) is 3.36. The largest absolute Gasteiger partial charge is 0.313 e. The summed E-state index contributed by atoms with van der Waals surface area (Å²) < 4.78 is 0. The van der Waals surface area contributed by atoms with Crippen molar-refractivity contribution in [2.45, 2.75) is 36.5 Å². The molecule has 0 aliphatic rings. The number of nitrogens with zero attached hydrogens (tertiary/aromatic N) is 1. The van der Waals surface area contributed by atoms with Crippen LogP contribution in [0.5, 0.6) is 0 Å². The smallest absolute Gasteiger partial charge is 0.0961 e. The topological polar surface area (TPSA) is 35.8 Å². The van der Waals surface area contributed by atoms with E-state index in [1.165, 1.54) is 10.5 Å². The van der Waals surface area contributed by atoms with Gasteiger partial charge in [0.05, 0.1) is 11.3 Å². The van der Waals surface area contributed by atoms with Crippen molar-refractivity contribution in [1.82, 2.24) is 5.32 Å². The Labute approximate surface area is 102 Å². The Balaban J connectivity index is 2.68. The minimum atomic E-state index is 0.0626. The van der Waals surface area contributed by atoms with E-state index in [0.29, 0.717) is 6.04 Å². The van der Waals surface area contributed by atoms with Crippen molar-refractivity contribution in [1.29, 1.82) is 5.26 Å². The van der Waals surface area contributed by atoms with Gasteiger partial charge in [-0.25, -0.2) is 0 Å². The van der Waals surface area contributed by atoms with Crippen LogP contribution in [0, 0.1) is 11.3 Å². The highest BCUT2D eigenvalue weighted by Gasteiger charge is 2.07. The van der Waals surface area contributed by atoms with E-state index in [2.05, 4.69) is 42.6 Å². The molecule has 2 unspecified atom stereocenters. The summed E-state index contributed by atoms with van der Waals surface area (Å²) in [7, 11) is 1.95. The first-order valence-electron chi connectivity index (χ1n) is 5.54. The monoisotopic (exact) mass is 234 g/mol. The van der Waals surface area contributed by atoms with Gasteiger partial charge in [-0.05, 0) is 38.1 Å². The van der Waals surface area contributed by atoms with Gasteiger partial charge in [0.15, 0.2) is 0 Å². The number of nitrogens with one attached hydrogen (secondary N) is 1. The van der Waals surface area contributed by atoms with E-state index in [1.807, 2.05) is 14.0 Å². The number of nitriles is 1. The first-order chi connectivity index (χ1) is 7.71. The molecule has 0 bridgehead atoms. The summed E-state index contributed by atoms with van der Waals surface area (Å²) in [5, 5.41) is 12.2. The van der Waals surface area contributed by atoms with Gasteiger partial charge < -0.3 is 5.32 Å². The normalized spacial score (nSPS) is 14.1. The van der Waals surface area contributed by atoms with Crippen LogP contribution in [-0.4, -0.2) is 12.3 Å². The summed E-state index contributed by atoms with van der Waals surface area (Å²) in [4.78, 5) is 1.17. The molecule has 1 N–H and O–H groups in total. The van der Waals surface area contributed by atoms with Crippen LogP contribution >= 0.6 is 11.8 Å². The van der Waals surface area contributed by atoms with Gasteiger partial charge >= 0.3 is 0 Å². The van der Waals surface area contributed by atoms with E-state index < -0.39 is 0 Å². The maximum absolute atomic E-state index is 8.89. The molecule has 1 aromatic carbocycles. The zero-order valence-corrected chi connectivity index (χ0v) is 10.8. The molecule has 0 heterocycles. The van der Waals surface area contributed by atoms with Crippen LogP contribution < -0.4 is 5.32 Å². The quantitative estimate of drug-likeness (QED) is 0.794. The summed E-state index contributed by atoms with van der Waals surface area (Å²) in [6, 6.07) is 11.1. The average Bonchev–Trinajstić information content (AvgIpc) is 2.35. The highest BCUT2D eigenvalue weighted by molar-refractivity contribution is 8.00. The number of hydrogen-bond acceptors (Lipinski definition) is 3. The minimum absolute atomic E-state index is 0.0626. The van der Waals surface area contributed by atoms with Crippen molar-refractivity contribution in [3.05, 3.63) is 29.8 Å². The van der Waals surface area contributed by atoms with Gasteiger partial charge in [-0.2, -0.15) is 5.26 Å². The Morgan fingerprint density at radius 1 is 1.38 bits per heavy atom. The summed E-state index contributed by atoms with van der Waals surface area (Å²) in [6.45, 7) is 4.17. The predicted molar refractivity (Wildman–Crippen MR) is 69.5 cm³/mol. The second kappa shape index (κ2) is 6.57. The maximum Gasteiger partial charge on any atom is 0.0961 e. The summed E-state index contributed by atoms with van der Waals surface area (Å²) >= 11 is 1.64. The molecule has 0 amide bonds. The summed E-state index contributed by atoms with van der Waals surface area (Å²) in [6.07, 6.45) is 0.885. The van der Waals surface area contributed by atoms with E-state index in [-0.39, 0.29) is 5.25 Å².